The van der Waals surface area contributed by atoms with Crippen LogP contribution in [0.4, 0.5) is 0 Å². The molecule has 178 valence electrons. The molecule has 2 N–H and O–H groups in total. The zero-order valence-corrected chi connectivity index (χ0v) is 19.5. The minimum atomic E-state index is -2.30. The Bertz CT molecular complexity index is 410. The summed E-state index contributed by atoms with van der Waals surface area (Å²) in [5, 5.41) is 18.9. The summed E-state index contributed by atoms with van der Waals surface area (Å²) in [5.41, 5.74) is -2.30. The second-order valence-corrected chi connectivity index (χ2v) is 8.40. The highest BCUT2D eigenvalue weighted by Crippen LogP contribution is 2.23. The molecule has 0 fully saturated rings. The van der Waals surface area contributed by atoms with E-state index in [9.17, 15) is 19.8 Å². The monoisotopic (exact) mass is 430 g/mol. The predicted octanol–water partition coefficient (Wildman–Crippen LogP) is 6.90. The fourth-order valence-electron chi connectivity index (χ4n) is 3.54. The van der Waals surface area contributed by atoms with Crippen molar-refractivity contribution >= 4 is 11.9 Å². The van der Waals surface area contributed by atoms with Crippen LogP contribution in [0.15, 0.2) is 0 Å². The third kappa shape index (κ3) is 14.0. The highest BCUT2D eigenvalue weighted by Gasteiger charge is 2.49. The maximum Gasteiger partial charge on any atom is 0.351 e. The Kier molecular flexibility index (Phi) is 19.0. The molecular formula is C24H46O6. The molecule has 6 nitrogen and oxygen atoms in total. The summed E-state index contributed by atoms with van der Waals surface area (Å²) in [6, 6.07) is 0. The normalized spacial score (nSPS) is 11.7. The third-order valence-electron chi connectivity index (χ3n) is 5.61. The molecule has 0 rings (SSSR count). The van der Waals surface area contributed by atoms with Gasteiger partial charge in [-0.2, -0.15) is 0 Å². The molecular weight excluding hydrogens is 384 g/mol. The molecule has 0 aliphatic rings. The van der Waals surface area contributed by atoms with E-state index in [1.807, 2.05) is 0 Å². The second-order valence-electron chi connectivity index (χ2n) is 8.40. The first kappa shape index (κ1) is 28.9. The van der Waals surface area contributed by atoms with Gasteiger partial charge in [-0.1, -0.05) is 110 Å². The lowest BCUT2D eigenvalue weighted by molar-refractivity contribution is -0.349. The molecule has 6 heteroatoms. The van der Waals surface area contributed by atoms with Crippen molar-refractivity contribution in [3.05, 3.63) is 0 Å². The second kappa shape index (κ2) is 19.8. The van der Waals surface area contributed by atoms with Crippen LogP contribution in [-0.4, -0.2) is 34.4 Å². The van der Waals surface area contributed by atoms with Crippen LogP contribution in [0.2, 0.25) is 0 Å². The standard InChI is InChI=1S/C24H46O6/c1-3-5-7-9-11-13-15-17-19-21-29-30-24(22(25)26,23(27)28)20-18-16-14-12-10-8-6-4-2/h3-21H2,1-2H3,(H,25,26)(H,27,28). The van der Waals surface area contributed by atoms with Crippen molar-refractivity contribution in [2.45, 2.75) is 135 Å². The van der Waals surface area contributed by atoms with Crippen LogP contribution in [0.3, 0.4) is 0 Å². The number of carbonyl (C=O) groups is 2. The zero-order chi connectivity index (χ0) is 22.5. The van der Waals surface area contributed by atoms with Gasteiger partial charge >= 0.3 is 11.9 Å². The van der Waals surface area contributed by atoms with Crippen molar-refractivity contribution in [3.8, 4) is 0 Å². The largest absolute Gasteiger partial charge is 0.479 e. The Hall–Kier alpha value is -1.14. The number of unbranched alkanes of at least 4 members (excludes halogenated alkanes) is 15. The third-order valence-corrected chi connectivity index (χ3v) is 5.61. The molecule has 0 aliphatic heterocycles. The van der Waals surface area contributed by atoms with Crippen LogP contribution >= 0.6 is 0 Å². The number of aliphatic carboxylic acids is 2. The topological polar surface area (TPSA) is 93.1 Å². The highest BCUT2D eigenvalue weighted by molar-refractivity contribution is 6.01. The minimum Gasteiger partial charge on any atom is -0.479 e. The van der Waals surface area contributed by atoms with Crippen molar-refractivity contribution in [1.82, 2.24) is 0 Å². The van der Waals surface area contributed by atoms with E-state index in [4.69, 9.17) is 9.78 Å². The molecule has 0 unspecified atom stereocenters. The van der Waals surface area contributed by atoms with E-state index in [1.54, 1.807) is 0 Å². The number of rotatable bonds is 23. The number of hydrogen-bond acceptors (Lipinski definition) is 4. The average molecular weight is 431 g/mol. The molecule has 0 saturated carbocycles. The Morgan fingerprint density at radius 3 is 1.37 bits per heavy atom. The Balaban J connectivity index is 4.02. The van der Waals surface area contributed by atoms with Crippen LogP contribution in [0.25, 0.3) is 0 Å². The van der Waals surface area contributed by atoms with Gasteiger partial charge in [-0.25, -0.2) is 19.4 Å². The van der Waals surface area contributed by atoms with Gasteiger partial charge < -0.3 is 10.2 Å². The fraction of sp³-hybridized carbons (Fsp3) is 0.917. The molecule has 0 saturated heterocycles. The maximum absolute atomic E-state index is 11.6. The van der Waals surface area contributed by atoms with Crippen LogP contribution in [0.1, 0.15) is 129 Å². The summed E-state index contributed by atoms with van der Waals surface area (Å²) in [6.07, 6.45) is 18.6. The van der Waals surface area contributed by atoms with Crippen molar-refractivity contribution in [1.29, 1.82) is 0 Å². The maximum atomic E-state index is 11.6. The van der Waals surface area contributed by atoms with Gasteiger partial charge in [-0.05, 0) is 12.8 Å². The number of carboxylic acids is 2. The summed E-state index contributed by atoms with van der Waals surface area (Å²) < 4.78 is 0. The Morgan fingerprint density at radius 2 is 0.967 bits per heavy atom. The molecule has 0 aliphatic carbocycles. The highest BCUT2D eigenvalue weighted by atomic mass is 17.2. The molecule has 0 spiro atoms. The summed E-state index contributed by atoms with van der Waals surface area (Å²) in [4.78, 5) is 33.3. The molecule has 30 heavy (non-hydrogen) atoms. The van der Waals surface area contributed by atoms with E-state index in [1.165, 1.54) is 64.2 Å². The van der Waals surface area contributed by atoms with Crippen LogP contribution < -0.4 is 0 Å². The zero-order valence-electron chi connectivity index (χ0n) is 19.5. The fourth-order valence-corrected chi connectivity index (χ4v) is 3.54. The van der Waals surface area contributed by atoms with Crippen molar-refractivity contribution in [2.24, 2.45) is 0 Å². The SMILES string of the molecule is CCCCCCCCCCCOOC(CCCCCCCCCC)(C(=O)O)C(=O)O. The number of hydrogen-bond donors (Lipinski definition) is 2. The van der Waals surface area contributed by atoms with Crippen LogP contribution in [0.5, 0.6) is 0 Å². The van der Waals surface area contributed by atoms with Gasteiger partial charge in [-0.15, -0.1) is 0 Å². The summed E-state index contributed by atoms with van der Waals surface area (Å²) in [7, 11) is 0. The lowest BCUT2D eigenvalue weighted by Gasteiger charge is -2.23. The van der Waals surface area contributed by atoms with E-state index >= 15 is 0 Å². The average Bonchev–Trinajstić information content (AvgIpc) is 2.71. The van der Waals surface area contributed by atoms with Gasteiger partial charge in [0.1, 0.15) is 0 Å². The van der Waals surface area contributed by atoms with E-state index in [0.717, 1.165) is 38.5 Å². The molecule has 0 aromatic rings. The van der Waals surface area contributed by atoms with Gasteiger partial charge in [-0.3, -0.25) is 0 Å². The number of carboxylic acid groups (broad SMARTS) is 2. The molecule has 0 aromatic carbocycles. The van der Waals surface area contributed by atoms with Crippen LogP contribution in [-0.2, 0) is 19.4 Å². The van der Waals surface area contributed by atoms with Crippen molar-refractivity contribution in [3.63, 3.8) is 0 Å². The van der Waals surface area contributed by atoms with Gasteiger partial charge in [0, 0.05) is 6.42 Å². The molecule has 0 radical (unpaired) electrons. The van der Waals surface area contributed by atoms with Crippen molar-refractivity contribution in [2.75, 3.05) is 6.61 Å². The van der Waals surface area contributed by atoms with Gasteiger partial charge in [0.2, 0.25) is 0 Å². The van der Waals surface area contributed by atoms with E-state index in [2.05, 4.69) is 13.8 Å². The first-order valence-corrected chi connectivity index (χ1v) is 12.3. The molecule has 0 aromatic heterocycles. The summed E-state index contributed by atoms with van der Waals surface area (Å²) in [5.74, 6) is -2.99. The summed E-state index contributed by atoms with van der Waals surface area (Å²) in [6.45, 7) is 4.60. The van der Waals surface area contributed by atoms with E-state index < -0.39 is 17.5 Å². The van der Waals surface area contributed by atoms with Crippen molar-refractivity contribution < 1.29 is 29.6 Å². The quantitative estimate of drug-likeness (QED) is 0.0792. The molecule has 0 amide bonds. The Labute approximate surface area is 183 Å². The minimum absolute atomic E-state index is 0.0790. The van der Waals surface area contributed by atoms with E-state index in [0.29, 0.717) is 6.42 Å². The molecule has 0 bridgehead atoms. The van der Waals surface area contributed by atoms with Crippen LogP contribution in [0, 0.1) is 0 Å². The lowest BCUT2D eigenvalue weighted by Crippen LogP contribution is -2.49. The lowest BCUT2D eigenvalue weighted by atomic mass is 9.95. The van der Waals surface area contributed by atoms with Gasteiger partial charge in [0.15, 0.2) is 0 Å². The molecule has 0 heterocycles. The first-order valence-electron chi connectivity index (χ1n) is 12.3. The summed E-state index contributed by atoms with van der Waals surface area (Å²) >= 11 is 0. The molecule has 0 atom stereocenters. The first-order chi connectivity index (χ1) is 14.5. The van der Waals surface area contributed by atoms with E-state index in [-0.39, 0.29) is 13.0 Å². The Morgan fingerprint density at radius 1 is 0.600 bits per heavy atom. The predicted molar refractivity (Wildman–Crippen MR) is 119 cm³/mol. The smallest absolute Gasteiger partial charge is 0.351 e. The van der Waals surface area contributed by atoms with Gasteiger partial charge in [0.05, 0.1) is 6.61 Å². The van der Waals surface area contributed by atoms with Gasteiger partial charge in [0.25, 0.3) is 5.60 Å².